The van der Waals surface area contributed by atoms with Crippen molar-refractivity contribution in [2.24, 2.45) is 0 Å². The van der Waals surface area contributed by atoms with Gasteiger partial charge >= 0.3 is 0 Å². The summed E-state index contributed by atoms with van der Waals surface area (Å²) in [5, 5.41) is 9.78. The Balaban J connectivity index is 2.65. The van der Waals surface area contributed by atoms with Crippen LogP contribution in [0.4, 0.5) is 0 Å². The van der Waals surface area contributed by atoms with E-state index in [4.69, 9.17) is 4.74 Å². The summed E-state index contributed by atoms with van der Waals surface area (Å²) in [5.41, 5.74) is 0.719. The van der Waals surface area contributed by atoms with E-state index >= 15 is 0 Å². The summed E-state index contributed by atoms with van der Waals surface area (Å²) >= 11 is 1.97. The summed E-state index contributed by atoms with van der Waals surface area (Å²) in [6.45, 7) is 0. The van der Waals surface area contributed by atoms with Crippen LogP contribution in [0.3, 0.4) is 0 Å². The maximum Gasteiger partial charge on any atom is 0.159 e. The molecule has 0 heterocycles. The molecule has 0 bridgehead atoms. The Labute approximate surface area is 108 Å². The molecule has 1 N–H and O–H groups in total. The third kappa shape index (κ3) is 3.94. The van der Waals surface area contributed by atoms with E-state index in [1.165, 1.54) is 6.08 Å². The van der Waals surface area contributed by atoms with E-state index in [9.17, 15) is 9.90 Å². The van der Waals surface area contributed by atoms with Crippen molar-refractivity contribution in [1.29, 1.82) is 0 Å². The highest BCUT2D eigenvalue weighted by molar-refractivity contribution is 14.1. The van der Waals surface area contributed by atoms with Crippen molar-refractivity contribution in [3.63, 3.8) is 0 Å². The number of benzene rings is 1. The number of methoxy groups -OCH3 is 1. The third-order valence-corrected chi connectivity index (χ3v) is 2.50. The molecule has 0 aliphatic rings. The normalized spacial score (nSPS) is 12.7. The number of aliphatic hydroxyl groups excluding tert-OH is 1. The fourth-order valence-electron chi connectivity index (χ4n) is 1.27. The molecule has 0 aromatic heterocycles. The molecule has 86 valence electrons. The first kappa shape index (κ1) is 13.2. The standard InChI is InChI=1S/C12H13IO3/c1-16-11-4-2-9(3-5-11)12(15)8-10(14)6-7-13/h2-7,12,15H,8H2,1H3/b7-6+. The summed E-state index contributed by atoms with van der Waals surface area (Å²) in [4.78, 5) is 11.3. The number of allylic oxidation sites excluding steroid dienone is 1. The van der Waals surface area contributed by atoms with Gasteiger partial charge in [-0.2, -0.15) is 0 Å². The topological polar surface area (TPSA) is 46.5 Å². The summed E-state index contributed by atoms with van der Waals surface area (Å²) in [5.74, 6) is 0.646. The molecule has 1 unspecified atom stereocenters. The van der Waals surface area contributed by atoms with Gasteiger partial charge in [-0.1, -0.05) is 34.7 Å². The predicted octanol–water partition coefficient (Wildman–Crippen LogP) is 2.64. The second-order valence-electron chi connectivity index (χ2n) is 3.25. The molecule has 1 aromatic rings. The Morgan fingerprint density at radius 2 is 2.12 bits per heavy atom. The molecule has 0 saturated heterocycles. The monoisotopic (exact) mass is 332 g/mol. The lowest BCUT2D eigenvalue weighted by atomic mass is 10.0. The van der Waals surface area contributed by atoms with Crippen LogP contribution in [-0.4, -0.2) is 18.0 Å². The first-order valence-electron chi connectivity index (χ1n) is 4.79. The molecule has 3 nitrogen and oxygen atoms in total. The number of ketones is 1. The molecular formula is C12H13IO3. The zero-order chi connectivity index (χ0) is 12.0. The number of carbonyl (C=O) groups excluding carboxylic acids is 1. The van der Waals surface area contributed by atoms with Crippen molar-refractivity contribution in [1.82, 2.24) is 0 Å². The number of carbonyl (C=O) groups is 1. The Bertz CT molecular complexity index is 370. The van der Waals surface area contributed by atoms with E-state index in [2.05, 4.69) is 0 Å². The van der Waals surface area contributed by atoms with Gasteiger partial charge in [0, 0.05) is 6.42 Å². The van der Waals surface area contributed by atoms with E-state index in [-0.39, 0.29) is 12.2 Å². The summed E-state index contributed by atoms with van der Waals surface area (Å²) in [6, 6.07) is 7.03. The van der Waals surface area contributed by atoms with Crippen LogP contribution in [0.2, 0.25) is 0 Å². The third-order valence-electron chi connectivity index (χ3n) is 2.14. The van der Waals surface area contributed by atoms with Gasteiger partial charge in [0.1, 0.15) is 5.75 Å². The van der Waals surface area contributed by atoms with Gasteiger partial charge in [0.05, 0.1) is 13.2 Å². The molecule has 16 heavy (non-hydrogen) atoms. The zero-order valence-corrected chi connectivity index (χ0v) is 11.0. The quantitative estimate of drug-likeness (QED) is 0.666. The van der Waals surface area contributed by atoms with E-state index in [1.807, 2.05) is 22.6 Å². The minimum absolute atomic E-state index is 0.0854. The molecule has 0 aliphatic carbocycles. The minimum atomic E-state index is -0.758. The van der Waals surface area contributed by atoms with Crippen molar-refractivity contribution in [2.75, 3.05) is 7.11 Å². The lowest BCUT2D eigenvalue weighted by molar-refractivity contribution is -0.116. The molecule has 0 saturated carbocycles. The summed E-state index contributed by atoms with van der Waals surface area (Å²) < 4.78 is 6.65. The highest BCUT2D eigenvalue weighted by atomic mass is 127. The maximum absolute atomic E-state index is 11.3. The molecule has 4 heteroatoms. The predicted molar refractivity (Wildman–Crippen MR) is 70.7 cm³/mol. The Kier molecular flexibility index (Phi) is 5.48. The van der Waals surface area contributed by atoms with E-state index in [0.29, 0.717) is 0 Å². The second kappa shape index (κ2) is 6.65. The fourth-order valence-corrected chi connectivity index (χ4v) is 1.67. The largest absolute Gasteiger partial charge is 0.497 e. The van der Waals surface area contributed by atoms with Gasteiger partial charge in [0.25, 0.3) is 0 Å². The molecule has 1 atom stereocenters. The molecule has 0 fully saturated rings. The van der Waals surface area contributed by atoms with Crippen LogP contribution < -0.4 is 4.74 Å². The highest BCUT2D eigenvalue weighted by Crippen LogP contribution is 2.20. The molecule has 1 rings (SSSR count). The molecule has 0 radical (unpaired) electrons. The number of halogens is 1. The van der Waals surface area contributed by atoms with Crippen LogP contribution in [0, 0.1) is 0 Å². The number of ether oxygens (including phenoxy) is 1. The second-order valence-corrected chi connectivity index (χ2v) is 3.97. The number of rotatable bonds is 5. The first-order chi connectivity index (χ1) is 7.67. The van der Waals surface area contributed by atoms with Gasteiger partial charge in [-0.15, -0.1) is 0 Å². The lowest BCUT2D eigenvalue weighted by Gasteiger charge is -2.09. The first-order valence-corrected chi connectivity index (χ1v) is 6.03. The maximum atomic E-state index is 11.3. The van der Waals surface area contributed by atoms with Crippen molar-refractivity contribution in [3.05, 3.63) is 40.0 Å². The molecule has 0 aliphatic heterocycles. The van der Waals surface area contributed by atoms with Crippen LogP contribution in [-0.2, 0) is 4.79 Å². The van der Waals surface area contributed by atoms with Gasteiger partial charge in [-0.25, -0.2) is 0 Å². The number of hydrogen-bond donors (Lipinski definition) is 1. The number of hydrogen-bond acceptors (Lipinski definition) is 3. The average Bonchev–Trinajstić information content (AvgIpc) is 2.29. The Morgan fingerprint density at radius 3 is 2.62 bits per heavy atom. The molecule has 0 amide bonds. The van der Waals surface area contributed by atoms with Crippen LogP contribution in [0.1, 0.15) is 18.1 Å². The van der Waals surface area contributed by atoms with E-state index in [0.717, 1.165) is 11.3 Å². The smallest absolute Gasteiger partial charge is 0.159 e. The summed E-state index contributed by atoms with van der Waals surface area (Å²) in [7, 11) is 1.58. The molecule has 1 aromatic carbocycles. The van der Waals surface area contributed by atoms with Crippen molar-refractivity contribution in [2.45, 2.75) is 12.5 Å². The number of aliphatic hydroxyl groups is 1. The average molecular weight is 332 g/mol. The van der Waals surface area contributed by atoms with Gasteiger partial charge < -0.3 is 9.84 Å². The molecule has 0 spiro atoms. The van der Waals surface area contributed by atoms with Gasteiger partial charge in [-0.3, -0.25) is 4.79 Å². The fraction of sp³-hybridized carbons (Fsp3) is 0.250. The van der Waals surface area contributed by atoms with Gasteiger partial charge in [-0.05, 0) is 27.9 Å². The van der Waals surface area contributed by atoms with Crippen LogP contribution in [0.25, 0.3) is 0 Å². The Hall–Kier alpha value is -0.880. The SMILES string of the molecule is COc1ccc(C(O)CC(=O)/C=C/I)cc1. The van der Waals surface area contributed by atoms with E-state index < -0.39 is 6.10 Å². The zero-order valence-electron chi connectivity index (χ0n) is 8.89. The van der Waals surface area contributed by atoms with Crippen LogP contribution in [0.5, 0.6) is 5.75 Å². The summed E-state index contributed by atoms with van der Waals surface area (Å²) in [6.07, 6.45) is 0.796. The highest BCUT2D eigenvalue weighted by Gasteiger charge is 2.10. The van der Waals surface area contributed by atoms with Crippen molar-refractivity contribution >= 4 is 28.4 Å². The van der Waals surface area contributed by atoms with Crippen LogP contribution in [0.15, 0.2) is 34.4 Å². The van der Waals surface area contributed by atoms with E-state index in [1.54, 1.807) is 35.5 Å². The van der Waals surface area contributed by atoms with Crippen molar-refractivity contribution < 1.29 is 14.6 Å². The van der Waals surface area contributed by atoms with Crippen LogP contribution >= 0.6 is 22.6 Å². The molecular weight excluding hydrogens is 319 g/mol. The van der Waals surface area contributed by atoms with Gasteiger partial charge in [0.15, 0.2) is 5.78 Å². The lowest BCUT2D eigenvalue weighted by Crippen LogP contribution is -2.04. The van der Waals surface area contributed by atoms with Gasteiger partial charge in [0.2, 0.25) is 0 Å². The minimum Gasteiger partial charge on any atom is -0.497 e. The van der Waals surface area contributed by atoms with Crippen molar-refractivity contribution in [3.8, 4) is 5.75 Å². The Morgan fingerprint density at radius 1 is 1.50 bits per heavy atom.